The number of amides is 1. The molecule has 0 saturated heterocycles. The fourth-order valence-corrected chi connectivity index (χ4v) is 3.05. The smallest absolute Gasteiger partial charge is 0.243 e. The number of ether oxygens (including phenoxy) is 2. The lowest BCUT2D eigenvalue weighted by atomic mass is 10.1. The molecular formula is C16H26N2O5S. The Morgan fingerprint density at radius 3 is 2.25 bits per heavy atom. The molecule has 0 radical (unpaired) electrons. The molecule has 1 aromatic carbocycles. The van der Waals surface area contributed by atoms with Crippen LogP contribution in [0.4, 0.5) is 0 Å². The zero-order chi connectivity index (χ0) is 18.5. The zero-order valence-corrected chi connectivity index (χ0v) is 15.8. The first-order valence-corrected chi connectivity index (χ1v) is 9.05. The van der Waals surface area contributed by atoms with Gasteiger partial charge in [-0.15, -0.1) is 0 Å². The maximum Gasteiger partial charge on any atom is 0.243 e. The fraction of sp³-hybridized carbons (Fsp3) is 0.562. The third-order valence-electron chi connectivity index (χ3n) is 3.82. The minimum Gasteiger partial charge on any atom is -0.493 e. The van der Waals surface area contributed by atoms with E-state index < -0.39 is 10.0 Å². The Morgan fingerprint density at radius 1 is 1.17 bits per heavy atom. The van der Waals surface area contributed by atoms with Gasteiger partial charge in [0.05, 0.1) is 25.7 Å². The van der Waals surface area contributed by atoms with Crippen molar-refractivity contribution in [1.82, 2.24) is 9.62 Å². The summed E-state index contributed by atoms with van der Waals surface area (Å²) in [7, 11) is 0.456. The number of nitrogens with zero attached hydrogens (tertiary/aromatic N) is 1. The van der Waals surface area contributed by atoms with Crippen LogP contribution in [0.15, 0.2) is 23.1 Å². The van der Waals surface area contributed by atoms with Crippen molar-refractivity contribution in [1.29, 1.82) is 0 Å². The van der Waals surface area contributed by atoms with Crippen LogP contribution in [0.2, 0.25) is 0 Å². The lowest BCUT2D eigenvalue weighted by Gasteiger charge is -2.21. The standard InChI is InChI=1S/C16H26N2O5S/c1-11(2)12(3)17-16(19)10-18(4)24(20,21)13-7-8-14(22-5)15(9-13)23-6/h7-9,11-12H,10H2,1-6H3,(H,17,19)/t12-/m0/s1. The van der Waals surface area contributed by atoms with E-state index in [1.54, 1.807) is 0 Å². The SMILES string of the molecule is COc1ccc(S(=O)(=O)N(C)CC(=O)N[C@@H](C)C(C)C)cc1OC. The molecule has 8 heteroatoms. The molecule has 1 aromatic rings. The van der Waals surface area contributed by atoms with E-state index >= 15 is 0 Å². The van der Waals surface area contributed by atoms with Gasteiger partial charge in [0.2, 0.25) is 15.9 Å². The molecule has 0 unspecified atom stereocenters. The summed E-state index contributed by atoms with van der Waals surface area (Å²) < 4.78 is 36.4. The number of sulfonamides is 1. The van der Waals surface area contributed by atoms with Gasteiger partial charge in [0.1, 0.15) is 0 Å². The molecule has 7 nitrogen and oxygen atoms in total. The van der Waals surface area contributed by atoms with Crippen molar-refractivity contribution < 1.29 is 22.7 Å². The van der Waals surface area contributed by atoms with Gasteiger partial charge in [0.15, 0.2) is 11.5 Å². The molecule has 0 aliphatic rings. The molecule has 24 heavy (non-hydrogen) atoms. The van der Waals surface area contributed by atoms with Gasteiger partial charge in [-0.3, -0.25) is 4.79 Å². The van der Waals surface area contributed by atoms with E-state index in [9.17, 15) is 13.2 Å². The van der Waals surface area contributed by atoms with Gasteiger partial charge in [-0.2, -0.15) is 4.31 Å². The average Bonchev–Trinajstić information content (AvgIpc) is 2.53. The predicted octanol–water partition coefficient (Wildman–Crippen LogP) is 1.48. The Hall–Kier alpha value is -1.80. The number of carbonyl (C=O) groups excluding carboxylic acids is 1. The molecule has 0 heterocycles. The summed E-state index contributed by atoms with van der Waals surface area (Å²) in [6, 6.07) is 4.27. The Labute approximate surface area is 144 Å². The summed E-state index contributed by atoms with van der Waals surface area (Å²) in [5.41, 5.74) is 0. The fourth-order valence-electron chi connectivity index (χ4n) is 1.91. The van der Waals surface area contributed by atoms with Crippen LogP contribution in [0.1, 0.15) is 20.8 Å². The van der Waals surface area contributed by atoms with Crippen LogP contribution >= 0.6 is 0 Å². The minimum absolute atomic E-state index is 0.0327. The van der Waals surface area contributed by atoms with Gasteiger partial charge in [0.25, 0.3) is 0 Å². The highest BCUT2D eigenvalue weighted by Gasteiger charge is 2.25. The molecule has 1 amide bonds. The highest BCUT2D eigenvalue weighted by atomic mass is 32.2. The summed E-state index contributed by atoms with van der Waals surface area (Å²) in [6.07, 6.45) is 0. The Bertz CT molecular complexity index is 673. The molecule has 1 N–H and O–H groups in total. The summed E-state index contributed by atoms with van der Waals surface area (Å²) in [4.78, 5) is 12.0. The van der Waals surface area contributed by atoms with Gasteiger partial charge in [-0.05, 0) is 25.0 Å². The Balaban J connectivity index is 2.93. The first-order chi connectivity index (χ1) is 11.1. The summed E-state index contributed by atoms with van der Waals surface area (Å²) in [5.74, 6) is 0.664. The summed E-state index contributed by atoms with van der Waals surface area (Å²) in [6.45, 7) is 5.59. The molecule has 0 aromatic heterocycles. The number of methoxy groups -OCH3 is 2. The number of nitrogens with one attached hydrogen (secondary N) is 1. The van der Waals surface area contributed by atoms with Crippen LogP contribution in [0.5, 0.6) is 11.5 Å². The average molecular weight is 358 g/mol. The molecule has 0 aliphatic heterocycles. The normalized spacial score (nSPS) is 13.0. The number of benzene rings is 1. The van der Waals surface area contributed by atoms with Crippen molar-refractivity contribution in [3.8, 4) is 11.5 Å². The molecule has 1 rings (SSSR count). The van der Waals surface area contributed by atoms with Gasteiger partial charge in [-0.25, -0.2) is 8.42 Å². The van der Waals surface area contributed by atoms with Crippen LogP contribution in [0.25, 0.3) is 0 Å². The van der Waals surface area contributed by atoms with Crippen molar-refractivity contribution in [2.75, 3.05) is 27.8 Å². The number of likely N-dealkylation sites (N-methyl/N-ethyl adjacent to an activating group) is 1. The number of carbonyl (C=O) groups is 1. The maximum atomic E-state index is 12.6. The molecular weight excluding hydrogens is 332 g/mol. The second-order valence-corrected chi connectivity index (χ2v) is 7.92. The third-order valence-corrected chi connectivity index (χ3v) is 5.62. The molecule has 0 bridgehead atoms. The molecule has 0 fully saturated rings. The van der Waals surface area contributed by atoms with Crippen LogP contribution in [0, 0.1) is 5.92 Å². The van der Waals surface area contributed by atoms with Gasteiger partial charge in [-0.1, -0.05) is 13.8 Å². The number of hydrogen-bond acceptors (Lipinski definition) is 5. The van der Waals surface area contributed by atoms with Crippen molar-refractivity contribution in [3.63, 3.8) is 0 Å². The largest absolute Gasteiger partial charge is 0.493 e. The quantitative estimate of drug-likeness (QED) is 0.761. The van der Waals surface area contributed by atoms with E-state index in [4.69, 9.17) is 9.47 Å². The Kier molecular flexibility index (Phi) is 7.04. The molecule has 1 atom stereocenters. The third kappa shape index (κ3) is 4.85. The summed E-state index contributed by atoms with van der Waals surface area (Å²) in [5, 5.41) is 2.78. The van der Waals surface area contributed by atoms with E-state index in [1.165, 1.54) is 39.5 Å². The first-order valence-electron chi connectivity index (χ1n) is 7.61. The first kappa shape index (κ1) is 20.2. The highest BCUT2D eigenvalue weighted by molar-refractivity contribution is 7.89. The maximum absolute atomic E-state index is 12.6. The van der Waals surface area contributed by atoms with Crippen LogP contribution in [-0.4, -0.2) is 52.5 Å². The van der Waals surface area contributed by atoms with E-state index in [0.717, 1.165) is 4.31 Å². The van der Waals surface area contributed by atoms with E-state index in [0.29, 0.717) is 11.5 Å². The molecule has 136 valence electrons. The van der Waals surface area contributed by atoms with Gasteiger partial charge < -0.3 is 14.8 Å². The van der Waals surface area contributed by atoms with Crippen LogP contribution in [-0.2, 0) is 14.8 Å². The van der Waals surface area contributed by atoms with Crippen molar-refractivity contribution in [2.45, 2.75) is 31.7 Å². The zero-order valence-electron chi connectivity index (χ0n) is 15.0. The van der Waals surface area contributed by atoms with Gasteiger partial charge in [0, 0.05) is 19.2 Å². The topological polar surface area (TPSA) is 84.9 Å². The second kappa shape index (κ2) is 8.34. The predicted molar refractivity (Wildman–Crippen MR) is 91.8 cm³/mol. The van der Waals surface area contributed by atoms with E-state index in [1.807, 2.05) is 20.8 Å². The second-order valence-electron chi connectivity index (χ2n) is 5.88. The molecule has 0 aliphatic carbocycles. The van der Waals surface area contributed by atoms with Crippen LogP contribution < -0.4 is 14.8 Å². The van der Waals surface area contributed by atoms with Crippen molar-refractivity contribution in [3.05, 3.63) is 18.2 Å². The molecule has 0 saturated carbocycles. The van der Waals surface area contributed by atoms with Crippen molar-refractivity contribution in [2.24, 2.45) is 5.92 Å². The lowest BCUT2D eigenvalue weighted by molar-refractivity contribution is -0.122. The lowest BCUT2D eigenvalue weighted by Crippen LogP contribution is -2.43. The van der Waals surface area contributed by atoms with Crippen molar-refractivity contribution >= 4 is 15.9 Å². The minimum atomic E-state index is -3.81. The highest BCUT2D eigenvalue weighted by Crippen LogP contribution is 2.30. The Morgan fingerprint density at radius 2 is 1.75 bits per heavy atom. The monoisotopic (exact) mass is 358 g/mol. The molecule has 0 spiro atoms. The van der Waals surface area contributed by atoms with E-state index in [2.05, 4.69) is 5.32 Å². The number of hydrogen-bond donors (Lipinski definition) is 1. The van der Waals surface area contributed by atoms with E-state index in [-0.39, 0.29) is 29.3 Å². The van der Waals surface area contributed by atoms with Crippen LogP contribution in [0.3, 0.4) is 0 Å². The summed E-state index contributed by atoms with van der Waals surface area (Å²) >= 11 is 0. The number of rotatable bonds is 8. The van der Waals surface area contributed by atoms with Gasteiger partial charge >= 0.3 is 0 Å².